The van der Waals surface area contributed by atoms with Crippen LogP contribution < -0.4 is 15.2 Å². The maximum absolute atomic E-state index is 12.1. The summed E-state index contributed by atoms with van der Waals surface area (Å²) in [5.41, 5.74) is 12.3. The van der Waals surface area contributed by atoms with Crippen LogP contribution in [0.5, 0.6) is 11.5 Å². The van der Waals surface area contributed by atoms with E-state index in [0.29, 0.717) is 23.6 Å². The number of benzene rings is 3. The predicted octanol–water partition coefficient (Wildman–Crippen LogP) is 5.29. The molecule has 0 spiro atoms. The van der Waals surface area contributed by atoms with E-state index in [-0.39, 0.29) is 0 Å². The van der Waals surface area contributed by atoms with Crippen LogP contribution >= 0.6 is 0 Å². The minimum atomic E-state index is -0.435. The van der Waals surface area contributed by atoms with Crippen molar-refractivity contribution in [2.24, 2.45) is 5.73 Å². The lowest BCUT2D eigenvalue weighted by Gasteiger charge is -2.15. The zero-order valence-corrected chi connectivity index (χ0v) is 18.5. The van der Waals surface area contributed by atoms with Gasteiger partial charge in [0, 0.05) is 17.9 Å². The number of rotatable bonds is 7. The van der Waals surface area contributed by atoms with Gasteiger partial charge in [-0.2, -0.15) is 0 Å². The average molecular weight is 427 g/mol. The summed E-state index contributed by atoms with van der Waals surface area (Å²) in [5, 5.41) is 0. The minimum Gasteiger partial charge on any atom is -0.493 e. The molecule has 0 unspecified atom stereocenters. The van der Waals surface area contributed by atoms with E-state index < -0.39 is 5.91 Å². The van der Waals surface area contributed by atoms with Crippen molar-refractivity contribution >= 4 is 5.91 Å². The second-order valence-electron chi connectivity index (χ2n) is 7.61. The number of primary amides is 1. The fourth-order valence-electron chi connectivity index (χ4n) is 3.96. The number of carbonyl (C=O) groups excluding carboxylic acids is 1. The summed E-state index contributed by atoms with van der Waals surface area (Å²) in [5.74, 6) is 0.907. The Labute approximate surface area is 188 Å². The van der Waals surface area contributed by atoms with Crippen LogP contribution in [0.4, 0.5) is 0 Å². The first-order valence-electron chi connectivity index (χ1n) is 10.4. The van der Waals surface area contributed by atoms with Crippen molar-refractivity contribution in [2.75, 3.05) is 14.2 Å². The molecular formula is C27H26N2O3. The van der Waals surface area contributed by atoms with Crippen LogP contribution in [0, 0.1) is 6.92 Å². The number of methoxy groups -OCH3 is 2. The molecule has 0 atom stereocenters. The Kier molecular flexibility index (Phi) is 5.99. The van der Waals surface area contributed by atoms with E-state index in [1.807, 2.05) is 49.4 Å². The summed E-state index contributed by atoms with van der Waals surface area (Å²) in [6.07, 6.45) is 0. The summed E-state index contributed by atoms with van der Waals surface area (Å²) in [7, 11) is 3.23. The third-order valence-corrected chi connectivity index (χ3v) is 5.71. The quantitative estimate of drug-likeness (QED) is 0.436. The summed E-state index contributed by atoms with van der Waals surface area (Å²) in [4.78, 5) is 12.1. The highest BCUT2D eigenvalue weighted by Crippen LogP contribution is 2.32. The van der Waals surface area contributed by atoms with E-state index in [4.69, 9.17) is 15.2 Å². The third-order valence-electron chi connectivity index (χ3n) is 5.71. The van der Waals surface area contributed by atoms with Crippen molar-refractivity contribution in [2.45, 2.75) is 13.5 Å². The summed E-state index contributed by atoms with van der Waals surface area (Å²) in [6, 6.07) is 26.3. The zero-order chi connectivity index (χ0) is 22.7. The molecule has 0 saturated heterocycles. The van der Waals surface area contributed by atoms with E-state index in [2.05, 4.69) is 41.0 Å². The van der Waals surface area contributed by atoms with Gasteiger partial charge in [-0.05, 0) is 47.4 Å². The van der Waals surface area contributed by atoms with E-state index in [9.17, 15) is 4.79 Å². The van der Waals surface area contributed by atoms with Gasteiger partial charge in [-0.25, -0.2) is 0 Å². The highest BCUT2D eigenvalue weighted by Gasteiger charge is 2.18. The molecule has 5 nitrogen and oxygen atoms in total. The Balaban J connectivity index is 1.75. The van der Waals surface area contributed by atoms with E-state index in [1.54, 1.807) is 14.2 Å². The molecule has 1 aromatic heterocycles. The Morgan fingerprint density at radius 3 is 2.06 bits per heavy atom. The maximum Gasteiger partial charge on any atom is 0.250 e. The van der Waals surface area contributed by atoms with Gasteiger partial charge < -0.3 is 19.8 Å². The number of carbonyl (C=O) groups is 1. The molecule has 0 aliphatic rings. The molecule has 32 heavy (non-hydrogen) atoms. The lowest BCUT2D eigenvalue weighted by Crippen LogP contribution is -2.12. The van der Waals surface area contributed by atoms with Gasteiger partial charge in [0.15, 0.2) is 11.5 Å². The third kappa shape index (κ3) is 4.10. The van der Waals surface area contributed by atoms with Crippen LogP contribution in [0.3, 0.4) is 0 Å². The molecule has 4 aromatic rings. The molecular weight excluding hydrogens is 400 g/mol. The Bertz CT molecular complexity index is 1240. The van der Waals surface area contributed by atoms with Crippen LogP contribution in [0.15, 0.2) is 78.9 Å². The zero-order valence-electron chi connectivity index (χ0n) is 18.5. The molecule has 4 rings (SSSR count). The molecule has 3 aromatic carbocycles. The molecule has 0 bridgehead atoms. The van der Waals surface area contributed by atoms with Crippen LogP contribution in [-0.2, 0) is 6.54 Å². The molecule has 0 aliphatic heterocycles. The van der Waals surface area contributed by atoms with Gasteiger partial charge in [-0.3, -0.25) is 4.79 Å². The first kappa shape index (κ1) is 21.2. The second kappa shape index (κ2) is 9.02. The van der Waals surface area contributed by atoms with Crippen molar-refractivity contribution in [1.82, 2.24) is 4.57 Å². The first-order chi connectivity index (χ1) is 15.5. The van der Waals surface area contributed by atoms with Gasteiger partial charge >= 0.3 is 0 Å². The molecule has 2 N–H and O–H groups in total. The van der Waals surface area contributed by atoms with Crippen molar-refractivity contribution < 1.29 is 14.3 Å². The van der Waals surface area contributed by atoms with Crippen molar-refractivity contribution in [3.05, 3.63) is 95.7 Å². The average Bonchev–Trinajstić information content (AvgIpc) is 3.16. The summed E-state index contributed by atoms with van der Waals surface area (Å²) < 4.78 is 12.9. The maximum atomic E-state index is 12.1. The highest BCUT2D eigenvalue weighted by molar-refractivity contribution is 5.95. The van der Waals surface area contributed by atoms with E-state index in [1.165, 1.54) is 0 Å². The molecule has 0 fully saturated rings. The molecule has 162 valence electrons. The monoisotopic (exact) mass is 426 g/mol. The highest BCUT2D eigenvalue weighted by atomic mass is 16.5. The lowest BCUT2D eigenvalue weighted by atomic mass is 10.0. The van der Waals surface area contributed by atoms with Crippen molar-refractivity contribution in [3.8, 4) is 33.9 Å². The molecule has 0 aliphatic carbocycles. The van der Waals surface area contributed by atoms with Crippen LogP contribution in [0.1, 0.15) is 21.6 Å². The molecule has 0 radical (unpaired) electrons. The van der Waals surface area contributed by atoms with Gasteiger partial charge in [-0.15, -0.1) is 0 Å². The normalized spacial score (nSPS) is 10.7. The number of nitrogens with zero attached hydrogens (tertiary/aromatic N) is 1. The Hall–Kier alpha value is -3.99. The van der Waals surface area contributed by atoms with Crippen LogP contribution in [0.25, 0.3) is 22.4 Å². The van der Waals surface area contributed by atoms with Gasteiger partial charge in [0.05, 0.1) is 19.8 Å². The Morgan fingerprint density at radius 2 is 1.44 bits per heavy atom. The number of amides is 1. The number of ether oxygens (including phenoxy) is 2. The van der Waals surface area contributed by atoms with Crippen LogP contribution in [0.2, 0.25) is 0 Å². The second-order valence-corrected chi connectivity index (χ2v) is 7.61. The van der Waals surface area contributed by atoms with Gasteiger partial charge in [0.1, 0.15) is 0 Å². The molecule has 0 saturated carbocycles. The number of aromatic nitrogens is 1. The summed E-state index contributed by atoms with van der Waals surface area (Å²) >= 11 is 0. The number of hydrogen-bond donors (Lipinski definition) is 1. The van der Waals surface area contributed by atoms with Crippen molar-refractivity contribution in [1.29, 1.82) is 0 Å². The molecule has 5 heteroatoms. The first-order valence-corrected chi connectivity index (χ1v) is 10.4. The topological polar surface area (TPSA) is 66.5 Å². The molecule has 1 heterocycles. The minimum absolute atomic E-state index is 0.435. The SMILES string of the molecule is COc1ccc(Cn2c(-c3ccc(-c4ccccc4)cc3)cc(C(N)=O)c2C)cc1OC. The van der Waals surface area contributed by atoms with E-state index in [0.717, 1.165) is 33.6 Å². The van der Waals surface area contributed by atoms with Gasteiger partial charge in [0.2, 0.25) is 0 Å². The standard InChI is InChI=1S/C27H26N2O3/c1-18-23(27(28)30)16-24(22-12-10-21(11-13-22)20-7-5-4-6-8-20)29(18)17-19-9-14-25(31-2)26(15-19)32-3/h4-16H,17H2,1-3H3,(H2,28,30). The summed E-state index contributed by atoms with van der Waals surface area (Å²) in [6.45, 7) is 2.48. The van der Waals surface area contributed by atoms with Gasteiger partial charge in [0.25, 0.3) is 5.91 Å². The predicted molar refractivity (Wildman–Crippen MR) is 127 cm³/mol. The fraction of sp³-hybridized carbons (Fsp3) is 0.148. The number of nitrogens with two attached hydrogens (primary N) is 1. The van der Waals surface area contributed by atoms with Crippen LogP contribution in [-0.4, -0.2) is 24.7 Å². The van der Waals surface area contributed by atoms with Crippen molar-refractivity contribution in [3.63, 3.8) is 0 Å². The lowest BCUT2D eigenvalue weighted by molar-refractivity contribution is 0.0999. The number of hydrogen-bond acceptors (Lipinski definition) is 3. The fourth-order valence-corrected chi connectivity index (χ4v) is 3.96. The Morgan fingerprint density at radius 1 is 0.812 bits per heavy atom. The smallest absolute Gasteiger partial charge is 0.250 e. The van der Waals surface area contributed by atoms with Gasteiger partial charge in [-0.1, -0.05) is 60.7 Å². The molecule has 1 amide bonds. The van der Waals surface area contributed by atoms with E-state index >= 15 is 0 Å². The largest absolute Gasteiger partial charge is 0.493 e.